The van der Waals surface area contributed by atoms with Crippen LogP contribution in [-0.4, -0.2) is 151 Å². The number of fused-ring (bicyclic) bond motifs is 2. The van der Waals surface area contributed by atoms with Gasteiger partial charge in [-0.3, -0.25) is 4.79 Å². The molecule has 5 fully saturated rings. The number of ether oxygens (including phenoxy) is 10. The Morgan fingerprint density at radius 2 is 1.59 bits per heavy atom. The van der Waals surface area contributed by atoms with E-state index < -0.39 is 109 Å². The second kappa shape index (κ2) is 20.0. The number of aliphatic hydroxyl groups excluding tert-OH is 3. The van der Waals surface area contributed by atoms with E-state index in [2.05, 4.69) is 19.9 Å². The monoisotopic (exact) mass is 891 g/mol. The average Bonchev–Trinajstić information content (AvgIpc) is 3.59. The van der Waals surface area contributed by atoms with E-state index in [-0.39, 0.29) is 43.3 Å². The third kappa shape index (κ3) is 9.98. The van der Waals surface area contributed by atoms with E-state index in [1.165, 1.54) is 0 Å². The van der Waals surface area contributed by atoms with Crippen molar-refractivity contribution in [2.24, 2.45) is 23.7 Å². The van der Waals surface area contributed by atoms with Gasteiger partial charge in [-0.1, -0.05) is 64.5 Å². The van der Waals surface area contributed by atoms with E-state index >= 15 is 0 Å². The van der Waals surface area contributed by atoms with Crippen LogP contribution < -0.4 is 0 Å². The Kier molecular flexibility index (Phi) is 15.5. The molecule has 0 aromatic rings. The van der Waals surface area contributed by atoms with Crippen molar-refractivity contribution in [3.8, 4) is 0 Å². The largest absolute Gasteiger partial charge is 0.462 e. The fourth-order valence-corrected chi connectivity index (χ4v) is 11.0. The van der Waals surface area contributed by atoms with Crippen LogP contribution in [0.2, 0.25) is 0 Å². The summed E-state index contributed by atoms with van der Waals surface area (Å²) in [4.78, 5) is 14.4. The molecule has 0 aromatic heterocycles. The minimum Gasteiger partial charge on any atom is -0.462 e. The summed E-state index contributed by atoms with van der Waals surface area (Å²) < 4.78 is 63.6. The standard InChI is InChI=1S/C48H74O15/c1-11-24(2)43-28(6)35(49)22-47(63-43)21-33-18-32(62-47)16-15-26(4)42(25(3)13-12-14-31-23-56-45-40(50)27(5)17-34(46(52)59-33)48(31,45)53)60-39-20-37(55-10)44(30(8)58-39)61-38-19-36(54-9)41(51)29(7)57-38/h12-15,17,24-25,28-30,32-45,49-51,53H,11,16,18-23H2,1-10H3/b13-12-,26-15-,31-14?/t24-,25-,28-,29-,30-,32+,33-,34-,35?,36-,37-,38-,39-,40+,41-,42-,43+,44-,45+,47-,48+/m0/s1. The second-order valence-electron chi connectivity index (χ2n) is 19.5. The van der Waals surface area contributed by atoms with Crippen molar-refractivity contribution in [2.45, 2.75) is 204 Å². The van der Waals surface area contributed by atoms with Crippen molar-refractivity contribution >= 4 is 5.97 Å². The lowest BCUT2D eigenvalue weighted by Crippen LogP contribution is -2.60. The summed E-state index contributed by atoms with van der Waals surface area (Å²) in [5, 5.41) is 45.7. The number of hydrogen-bond acceptors (Lipinski definition) is 15. The number of rotatable bonds is 8. The van der Waals surface area contributed by atoms with Gasteiger partial charge in [-0.15, -0.1) is 0 Å². The van der Waals surface area contributed by atoms with Gasteiger partial charge in [0.25, 0.3) is 0 Å². The molecule has 6 aliphatic heterocycles. The Morgan fingerprint density at radius 3 is 2.30 bits per heavy atom. The third-order valence-electron chi connectivity index (χ3n) is 15.0. The molecule has 1 aliphatic carbocycles. The fraction of sp³-hybridized carbons (Fsp3) is 0.812. The Bertz CT molecular complexity index is 1710. The lowest BCUT2D eigenvalue weighted by Gasteiger charge is -2.52. The molecule has 0 aromatic carbocycles. The molecule has 7 aliphatic rings. The van der Waals surface area contributed by atoms with Gasteiger partial charge < -0.3 is 67.8 Å². The SMILES string of the molecule is CC[C@H](C)[C@H]1O[C@]2(CC(O)[C@@H]1C)C[C@@H]1C[C@@H](C/C=C(/C)[C@@H](O[C@H]3C[C@H](OC)[C@@H](O[C@H]4C[C@H](OC)[C@@H](O)[C@H](C)O4)[C@H](C)O3)[C@@H](C)/C=C\C=C3CO[C@@H]4[C@H](O)C(C)=C[C@@H](C(=O)O1)[C@]34O)O2. The lowest BCUT2D eigenvalue weighted by atomic mass is 9.71. The minimum atomic E-state index is -1.87. The normalized spacial score (nSPS) is 49.2. The Morgan fingerprint density at radius 1 is 0.889 bits per heavy atom. The molecule has 5 saturated heterocycles. The van der Waals surface area contributed by atoms with E-state index in [1.807, 2.05) is 39.8 Å². The number of aliphatic hydroxyl groups is 4. The van der Waals surface area contributed by atoms with Crippen LogP contribution in [0.15, 0.2) is 47.1 Å². The zero-order valence-electron chi connectivity index (χ0n) is 38.8. The predicted molar refractivity (Wildman–Crippen MR) is 229 cm³/mol. The van der Waals surface area contributed by atoms with Crippen LogP contribution in [0.1, 0.15) is 100 Å². The fourth-order valence-electron chi connectivity index (χ4n) is 11.0. The first-order valence-corrected chi connectivity index (χ1v) is 23.3. The smallest absolute Gasteiger partial charge is 0.316 e. The Labute approximate surface area is 373 Å². The first-order valence-electron chi connectivity index (χ1n) is 23.3. The molecule has 0 radical (unpaired) electrons. The van der Waals surface area contributed by atoms with E-state index in [4.69, 9.17) is 47.4 Å². The quantitative estimate of drug-likeness (QED) is 0.196. The summed E-state index contributed by atoms with van der Waals surface area (Å²) in [5.74, 6) is -3.19. The van der Waals surface area contributed by atoms with Gasteiger partial charge in [-0.25, -0.2) is 0 Å². The summed E-state index contributed by atoms with van der Waals surface area (Å²) in [7, 11) is 3.20. The van der Waals surface area contributed by atoms with Crippen molar-refractivity contribution in [2.75, 3.05) is 20.8 Å². The van der Waals surface area contributed by atoms with Gasteiger partial charge >= 0.3 is 5.97 Å². The van der Waals surface area contributed by atoms with Crippen molar-refractivity contribution in [3.63, 3.8) is 0 Å². The van der Waals surface area contributed by atoms with Gasteiger partial charge in [0.1, 0.15) is 42.0 Å². The molecule has 21 atom stereocenters. The third-order valence-corrected chi connectivity index (χ3v) is 15.0. The summed E-state index contributed by atoms with van der Waals surface area (Å²) in [6, 6.07) is 0. The highest BCUT2D eigenvalue weighted by Gasteiger charge is 2.60. The van der Waals surface area contributed by atoms with Crippen LogP contribution in [0.4, 0.5) is 0 Å². The Hall–Kier alpha value is -2.09. The van der Waals surface area contributed by atoms with E-state index in [9.17, 15) is 25.2 Å². The van der Waals surface area contributed by atoms with Crippen LogP contribution in [0.3, 0.4) is 0 Å². The number of esters is 1. The molecule has 0 amide bonds. The van der Waals surface area contributed by atoms with Gasteiger partial charge in [0.2, 0.25) is 0 Å². The average molecular weight is 891 g/mol. The van der Waals surface area contributed by atoms with E-state index in [0.717, 1.165) is 12.0 Å². The van der Waals surface area contributed by atoms with Crippen LogP contribution in [-0.2, 0) is 52.2 Å². The maximum atomic E-state index is 14.4. The van der Waals surface area contributed by atoms with Crippen molar-refractivity contribution in [1.82, 2.24) is 0 Å². The van der Waals surface area contributed by atoms with Crippen LogP contribution in [0.5, 0.6) is 0 Å². The van der Waals surface area contributed by atoms with Crippen LogP contribution in [0, 0.1) is 23.7 Å². The molecule has 4 N–H and O–H groups in total. The van der Waals surface area contributed by atoms with E-state index in [1.54, 1.807) is 40.2 Å². The molecule has 1 unspecified atom stereocenters. The topological polar surface area (TPSA) is 190 Å². The van der Waals surface area contributed by atoms with Crippen molar-refractivity contribution in [1.29, 1.82) is 0 Å². The molecule has 356 valence electrons. The molecule has 7 rings (SSSR count). The van der Waals surface area contributed by atoms with Gasteiger partial charge in [0, 0.05) is 58.2 Å². The highest BCUT2D eigenvalue weighted by Crippen LogP contribution is 2.48. The summed E-state index contributed by atoms with van der Waals surface area (Å²) in [5.41, 5.74) is 0.0234. The highest BCUT2D eigenvalue weighted by molar-refractivity contribution is 5.78. The highest BCUT2D eigenvalue weighted by atomic mass is 16.7. The molecule has 15 heteroatoms. The molecule has 1 spiro atoms. The van der Waals surface area contributed by atoms with Gasteiger partial charge in [0.05, 0.1) is 55.4 Å². The molecule has 6 heterocycles. The van der Waals surface area contributed by atoms with Crippen LogP contribution in [0.25, 0.3) is 0 Å². The minimum absolute atomic E-state index is 0.0109. The summed E-state index contributed by atoms with van der Waals surface area (Å²) in [6.45, 7) is 15.7. The van der Waals surface area contributed by atoms with E-state index in [0.29, 0.717) is 36.8 Å². The molecular formula is C48H74O15. The lowest BCUT2D eigenvalue weighted by molar-refractivity contribution is -0.354. The maximum Gasteiger partial charge on any atom is 0.316 e. The van der Waals surface area contributed by atoms with Gasteiger partial charge in [-0.05, 0) is 56.8 Å². The molecule has 63 heavy (non-hydrogen) atoms. The molecule has 15 nitrogen and oxygen atoms in total. The Balaban J connectivity index is 1.19. The van der Waals surface area contributed by atoms with Crippen molar-refractivity contribution in [3.05, 3.63) is 47.1 Å². The van der Waals surface area contributed by atoms with Gasteiger partial charge in [-0.2, -0.15) is 0 Å². The number of allylic oxidation sites excluding steroid dienone is 2. The molecule has 0 saturated carbocycles. The maximum absolute atomic E-state index is 14.4. The predicted octanol–water partition coefficient (Wildman–Crippen LogP) is 4.57. The molecular weight excluding hydrogens is 817 g/mol. The zero-order valence-corrected chi connectivity index (χ0v) is 38.8. The number of carbonyl (C=O) groups is 1. The van der Waals surface area contributed by atoms with Crippen molar-refractivity contribution < 1.29 is 72.6 Å². The first kappa shape index (κ1) is 48.8. The zero-order chi connectivity index (χ0) is 45.5. The first-order chi connectivity index (χ1) is 29.9. The number of methoxy groups -OCH3 is 2. The second-order valence-corrected chi connectivity index (χ2v) is 19.5. The number of hydrogen-bond donors (Lipinski definition) is 4. The molecule has 2 bridgehead atoms. The number of carbonyl (C=O) groups excluding carboxylic acids is 1. The van der Waals surface area contributed by atoms with Crippen LogP contribution >= 0.6 is 0 Å². The summed E-state index contributed by atoms with van der Waals surface area (Å²) in [6.07, 6.45) is 3.00. The summed E-state index contributed by atoms with van der Waals surface area (Å²) >= 11 is 0. The van der Waals surface area contributed by atoms with Gasteiger partial charge in [0.15, 0.2) is 18.4 Å².